The molecule has 0 radical (unpaired) electrons. The second kappa shape index (κ2) is 3.53. The third-order valence-corrected chi connectivity index (χ3v) is 2.42. The number of fused-ring (bicyclic) bond motifs is 1. The second-order valence-electron chi connectivity index (χ2n) is 3.52. The van der Waals surface area contributed by atoms with E-state index < -0.39 is 17.7 Å². The van der Waals surface area contributed by atoms with E-state index in [4.69, 9.17) is 11.6 Å². The summed E-state index contributed by atoms with van der Waals surface area (Å²) in [7, 11) is 0. The molecule has 0 fully saturated rings. The first-order valence-corrected chi connectivity index (χ1v) is 5.03. The molecule has 1 atom stereocenters. The molecule has 0 spiro atoms. The standard InChI is InChI=1S/C10H8ClF3O2/c1-9(12)15-8-3-2-6(5-11)4-7(8)10(13,14)16-9/h2-4H,5H2,1H3. The molecule has 16 heavy (non-hydrogen) atoms. The number of benzene rings is 1. The Kier molecular flexibility index (Phi) is 2.55. The molecule has 0 N–H and O–H groups in total. The third-order valence-electron chi connectivity index (χ3n) is 2.11. The first kappa shape index (κ1) is 11.5. The van der Waals surface area contributed by atoms with Gasteiger partial charge in [-0.3, -0.25) is 0 Å². The zero-order chi connectivity index (χ0) is 12.0. The van der Waals surface area contributed by atoms with E-state index >= 15 is 0 Å². The van der Waals surface area contributed by atoms with Gasteiger partial charge in [-0.25, -0.2) is 4.74 Å². The van der Waals surface area contributed by atoms with Crippen LogP contribution in [0.25, 0.3) is 0 Å². The Labute approximate surface area is 94.9 Å². The highest BCUT2D eigenvalue weighted by Gasteiger charge is 2.50. The lowest BCUT2D eigenvalue weighted by Gasteiger charge is -2.33. The summed E-state index contributed by atoms with van der Waals surface area (Å²) in [6.45, 7) is 0.777. The van der Waals surface area contributed by atoms with E-state index in [1.165, 1.54) is 12.1 Å². The van der Waals surface area contributed by atoms with E-state index in [1.807, 2.05) is 0 Å². The smallest absolute Gasteiger partial charge is 0.391 e. The van der Waals surface area contributed by atoms with Gasteiger partial charge >= 0.3 is 12.1 Å². The van der Waals surface area contributed by atoms with Crippen molar-refractivity contribution in [3.8, 4) is 5.75 Å². The molecule has 6 heteroatoms. The van der Waals surface area contributed by atoms with Crippen molar-refractivity contribution in [3.63, 3.8) is 0 Å². The molecule has 1 unspecified atom stereocenters. The SMILES string of the molecule is CC1(F)Oc2ccc(CCl)cc2C(F)(F)O1. The zero-order valence-electron chi connectivity index (χ0n) is 8.27. The fourth-order valence-electron chi connectivity index (χ4n) is 1.48. The van der Waals surface area contributed by atoms with Crippen LogP contribution in [0, 0.1) is 0 Å². The second-order valence-corrected chi connectivity index (χ2v) is 3.79. The van der Waals surface area contributed by atoms with Gasteiger partial charge < -0.3 is 4.74 Å². The fraction of sp³-hybridized carbons (Fsp3) is 0.400. The zero-order valence-corrected chi connectivity index (χ0v) is 9.02. The van der Waals surface area contributed by atoms with Crippen molar-refractivity contribution in [3.05, 3.63) is 29.3 Å². The Morgan fingerprint density at radius 2 is 2.00 bits per heavy atom. The molecule has 1 aliphatic heterocycles. The van der Waals surface area contributed by atoms with Gasteiger partial charge in [0.25, 0.3) is 0 Å². The van der Waals surface area contributed by atoms with Crippen molar-refractivity contribution in [1.29, 1.82) is 0 Å². The van der Waals surface area contributed by atoms with Crippen molar-refractivity contribution < 1.29 is 22.6 Å². The van der Waals surface area contributed by atoms with Crippen molar-refractivity contribution in [2.75, 3.05) is 0 Å². The summed E-state index contributed by atoms with van der Waals surface area (Å²) in [5, 5.41) is 0. The Morgan fingerprint density at radius 3 is 2.62 bits per heavy atom. The van der Waals surface area contributed by atoms with Crippen LogP contribution in [0.1, 0.15) is 18.1 Å². The molecule has 1 heterocycles. The molecule has 1 aliphatic rings. The Morgan fingerprint density at radius 1 is 1.31 bits per heavy atom. The molecule has 0 aromatic heterocycles. The monoisotopic (exact) mass is 252 g/mol. The average molecular weight is 253 g/mol. The number of alkyl halides is 4. The summed E-state index contributed by atoms with van der Waals surface area (Å²) in [6.07, 6.45) is -3.72. The fourth-order valence-corrected chi connectivity index (χ4v) is 1.64. The van der Waals surface area contributed by atoms with E-state index in [9.17, 15) is 13.2 Å². The lowest BCUT2D eigenvalue weighted by Crippen LogP contribution is -2.42. The van der Waals surface area contributed by atoms with Crippen LogP contribution in [0.2, 0.25) is 0 Å². The molecule has 88 valence electrons. The van der Waals surface area contributed by atoms with Crippen LogP contribution in [0.4, 0.5) is 13.2 Å². The summed E-state index contributed by atoms with van der Waals surface area (Å²) >= 11 is 5.52. The minimum absolute atomic E-state index is 0.0796. The van der Waals surface area contributed by atoms with Gasteiger partial charge in [0.2, 0.25) is 0 Å². The Hall–Kier alpha value is -0.940. The van der Waals surface area contributed by atoms with Crippen molar-refractivity contribution in [2.24, 2.45) is 0 Å². The first-order chi connectivity index (χ1) is 7.34. The predicted octanol–water partition coefficient (Wildman–Crippen LogP) is 3.53. The minimum atomic E-state index is -3.72. The third kappa shape index (κ3) is 1.97. The van der Waals surface area contributed by atoms with E-state index in [0.29, 0.717) is 5.56 Å². The van der Waals surface area contributed by atoms with E-state index in [0.717, 1.165) is 13.0 Å². The molecule has 0 bridgehead atoms. The molecule has 2 rings (SSSR count). The number of halogens is 4. The summed E-state index contributed by atoms with van der Waals surface area (Å²) in [6, 6.07) is 1.04. The van der Waals surface area contributed by atoms with E-state index in [-0.39, 0.29) is 11.6 Å². The topological polar surface area (TPSA) is 18.5 Å². The number of rotatable bonds is 1. The molecule has 1 aromatic rings. The number of hydrogen-bond acceptors (Lipinski definition) is 2. The van der Waals surface area contributed by atoms with Gasteiger partial charge in [-0.05, 0) is 17.7 Å². The molecule has 1 aromatic carbocycles. The molecular weight excluding hydrogens is 245 g/mol. The van der Waals surface area contributed by atoms with Gasteiger partial charge in [0.1, 0.15) is 5.75 Å². The van der Waals surface area contributed by atoms with Crippen LogP contribution >= 0.6 is 11.6 Å². The minimum Gasteiger partial charge on any atom is -0.435 e. The van der Waals surface area contributed by atoms with Crippen LogP contribution in [-0.2, 0) is 16.7 Å². The van der Waals surface area contributed by atoms with Gasteiger partial charge in [-0.1, -0.05) is 6.07 Å². The van der Waals surface area contributed by atoms with Crippen LogP contribution in [0.15, 0.2) is 18.2 Å². The molecule has 0 amide bonds. The van der Waals surface area contributed by atoms with Gasteiger partial charge in [0.15, 0.2) is 0 Å². The van der Waals surface area contributed by atoms with Crippen LogP contribution in [0.5, 0.6) is 5.75 Å². The van der Waals surface area contributed by atoms with Crippen molar-refractivity contribution in [2.45, 2.75) is 25.0 Å². The van der Waals surface area contributed by atoms with Gasteiger partial charge in [-0.2, -0.15) is 13.2 Å². The maximum Gasteiger partial charge on any atom is 0.391 e. The number of ether oxygens (including phenoxy) is 2. The highest BCUT2D eigenvalue weighted by atomic mass is 35.5. The van der Waals surface area contributed by atoms with Crippen molar-refractivity contribution >= 4 is 11.6 Å². The Bertz CT molecular complexity index is 421. The number of hydrogen-bond donors (Lipinski definition) is 0. The molecule has 0 saturated carbocycles. The summed E-state index contributed by atoms with van der Waals surface area (Å²) in [5.74, 6) is -0.161. The predicted molar refractivity (Wildman–Crippen MR) is 51.1 cm³/mol. The lowest BCUT2D eigenvalue weighted by atomic mass is 10.1. The van der Waals surface area contributed by atoms with E-state index in [1.54, 1.807) is 0 Å². The Balaban J connectivity index is 2.51. The van der Waals surface area contributed by atoms with Crippen LogP contribution in [-0.4, -0.2) is 6.04 Å². The maximum absolute atomic E-state index is 13.4. The van der Waals surface area contributed by atoms with Crippen LogP contribution in [0.3, 0.4) is 0 Å². The van der Waals surface area contributed by atoms with Gasteiger partial charge in [0, 0.05) is 12.8 Å². The van der Waals surface area contributed by atoms with Crippen molar-refractivity contribution in [1.82, 2.24) is 0 Å². The molecule has 0 aliphatic carbocycles. The molecular formula is C10H8ClF3O2. The average Bonchev–Trinajstić information content (AvgIpc) is 2.14. The summed E-state index contributed by atoms with van der Waals surface area (Å²) < 4.78 is 48.7. The molecule has 0 saturated heterocycles. The van der Waals surface area contributed by atoms with E-state index in [2.05, 4.69) is 9.47 Å². The lowest BCUT2D eigenvalue weighted by molar-refractivity contribution is -0.405. The summed E-state index contributed by atoms with van der Waals surface area (Å²) in [5.41, 5.74) is -0.0319. The largest absolute Gasteiger partial charge is 0.435 e. The maximum atomic E-state index is 13.4. The van der Waals surface area contributed by atoms with Gasteiger partial charge in [-0.15, -0.1) is 11.6 Å². The normalized spacial score (nSPS) is 27.1. The quantitative estimate of drug-likeness (QED) is 0.712. The highest BCUT2D eigenvalue weighted by molar-refractivity contribution is 6.17. The highest BCUT2D eigenvalue weighted by Crippen LogP contribution is 2.45. The summed E-state index contributed by atoms with van der Waals surface area (Å²) in [4.78, 5) is 0. The first-order valence-electron chi connectivity index (χ1n) is 4.49. The molecule has 2 nitrogen and oxygen atoms in total. The van der Waals surface area contributed by atoms with Crippen LogP contribution < -0.4 is 4.74 Å². The van der Waals surface area contributed by atoms with Gasteiger partial charge in [0.05, 0.1) is 5.56 Å².